The number of aliphatic hydroxyl groups excluding tert-OH is 13. The molecule has 0 unspecified atom stereocenters. The summed E-state index contributed by atoms with van der Waals surface area (Å²) in [6.45, 7) is 13.0. The van der Waals surface area contributed by atoms with Crippen LogP contribution in [0.25, 0.3) is 0 Å². The van der Waals surface area contributed by atoms with Crippen molar-refractivity contribution in [2.24, 2.45) is 50.2 Å². The number of aliphatic hydroxyl groups is 13. The molecule has 0 aromatic carbocycles. The second kappa shape index (κ2) is 21.1. The first-order valence-electron chi connectivity index (χ1n) is 27.3. The van der Waals surface area contributed by atoms with Gasteiger partial charge in [-0.15, -0.1) is 0 Å². The smallest absolute Gasteiger partial charge is 0.315 e. The zero-order valence-corrected chi connectivity index (χ0v) is 44.2. The summed E-state index contributed by atoms with van der Waals surface area (Å²) in [5.74, 6) is -0.615. The molecule has 75 heavy (non-hydrogen) atoms. The molecule has 0 aromatic heterocycles. The minimum atomic E-state index is -1.96. The highest BCUT2D eigenvalue weighted by molar-refractivity contribution is 5.79. The zero-order chi connectivity index (χ0) is 54.7. The maximum Gasteiger partial charge on any atom is 0.315 e. The Morgan fingerprint density at radius 3 is 1.81 bits per heavy atom. The predicted molar refractivity (Wildman–Crippen MR) is 257 cm³/mol. The lowest BCUT2D eigenvalue weighted by atomic mass is 9.33. The van der Waals surface area contributed by atoms with Crippen molar-refractivity contribution >= 4 is 5.97 Å². The number of ether oxygens (including phenoxy) is 8. The van der Waals surface area contributed by atoms with Crippen molar-refractivity contribution < 1.29 is 109 Å². The van der Waals surface area contributed by atoms with Gasteiger partial charge in [-0.05, 0) is 111 Å². The molecule has 430 valence electrons. The summed E-state index contributed by atoms with van der Waals surface area (Å²) in [6.07, 6.45) is -21.6. The van der Waals surface area contributed by atoms with Crippen LogP contribution in [0, 0.1) is 50.2 Å². The minimum absolute atomic E-state index is 0.0319. The van der Waals surface area contributed by atoms with Crippen LogP contribution >= 0.6 is 0 Å². The molecule has 8 fully saturated rings. The van der Waals surface area contributed by atoms with Gasteiger partial charge in [-0.2, -0.15) is 0 Å². The van der Waals surface area contributed by atoms with Crippen LogP contribution in [0.2, 0.25) is 0 Å². The van der Waals surface area contributed by atoms with E-state index in [0.29, 0.717) is 38.5 Å². The number of allylic oxidation sites excluding steroid dienone is 2. The van der Waals surface area contributed by atoms with Crippen LogP contribution in [0.15, 0.2) is 11.6 Å². The van der Waals surface area contributed by atoms with E-state index in [0.717, 1.165) is 25.7 Å². The normalized spacial score (nSPS) is 54.8. The molecule has 5 aliphatic carbocycles. The molecule has 0 amide bonds. The van der Waals surface area contributed by atoms with E-state index in [-0.39, 0.29) is 52.6 Å². The summed E-state index contributed by atoms with van der Waals surface area (Å²) in [4.78, 5) is 15.1. The second-order valence-corrected chi connectivity index (χ2v) is 25.7. The van der Waals surface area contributed by atoms with Crippen molar-refractivity contribution in [3.05, 3.63) is 11.6 Å². The van der Waals surface area contributed by atoms with Gasteiger partial charge in [0, 0.05) is 5.41 Å². The molecule has 4 saturated carbocycles. The van der Waals surface area contributed by atoms with Gasteiger partial charge in [0.15, 0.2) is 18.9 Å². The molecule has 4 saturated heterocycles. The zero-order valence-electron chi connectivity index (χ0n) is 44.2. The van der Waals surface area contributed by atoms with Crippen LogP contribution in [0.3, 0.4) is 0 Å². The van der Waals surface area contributed by atoms with E-state index in [2.05, 4.69) is 40.7 Å². The van der Waals surface area contributed by atoms with E-state index in [9.17, 15) is 66.4 Å². The first-order chi connectivity index (χ1) is 35.2. The Hall–Kier alpha value is -1.59. The molecule has 9 rings (SSSR count). The molecule has 4 aliphatic heterocycles. The quantitative estimate of drug-likeness (QED) is 0.0643. The molecule has 22 nitrogen and oxygen atoms in total. The van der Waals surface area contributed by atoms with Gasteiger partial charge < -0.3 is 104 Å². The van der Waals surface area contributed by atoms with Crippen LogP contribution in [-0.4, -0.2) is 222 Å². The summed E-state index contributed by atoms with van der Waals surface area (Å²) in [6, 6.07) is 0. The number of esters is 1. The van der Waals surface area contributed by atoms with Crippen molar-refractivity contribution in [1.29, 1.82) is 0 Å². The van der Waals surface area contributed by atoms with Crippen molar-refractivity contribution in [3.63, 3.8) is 0 Å². The van der Waals surface area contributed by atoms with Crippen LogP contribution in [0.4, 0.5) is 0 Å². The summed E-state index contributed by atoms with van der Waals surface area (Å²) in [5, 5.41) is 140. The number of rotatable bonds is 11. The van der Waals surface area contributed by atoms with Crippen LogP contribution < -0.4 is 0 Å². The fourth-order valence-corrected chi connectivity index (χ4v) is 16.2. The summed E-state index contributed by atoms with van der Waals surface area (Å²) >= 11 is 0. The third kappa shape index (κ3) is 9.40. The topological polar surface area (TPSA) is 354 Å². The Morgan fingerprint density at radius 2 is 1.19 bits per heavy atom. The molecule has 0 bridgehead atoms. The van der Waals surface area contributed by atoms with Crippen molar-refractivity contribution in [3.8, 4) is 0 Å². The summed E-state index contributed by atoms with van der Waals surface area (Å²) in [7, 11) is 0. The van der Waals surface area contributed by atoms with Gasteiger partial charge in [-0.25, -0.2) is 0 Å². The van der Waals surface area contributed by atoms with E-state index in [4.69, 9.17) is 37.9 Å². The van der Waals surface area contributed by atoms with Crippen LogP contribution in [-0.2, 0) is 42.7 Å². The molecule has 22 heteroatoms. The fourth-order valence-electron chi connectivity index (χ4n) is 16.2. The largest absolute Gasteiger partial charge is 0.432 e. The molecule has 0 radical (unpaired) electrons. The lowest BCUT2D eigenvalue weighted by molar-refractivity contribution is -0.377. The second-order valence-electron chi connectivity index (χ2n) is 25.7. The first kappa shape index (κ1) is 58.1. The third-order valence-corrected chi connectivity index (χ3v) is 21.1. The van der Waals surface area contributed by atoms with E-state index >= 15 is 4.79 Å². The number of fused-ring (bicyclic) bond motifs is 7. The highest BCUT2D eigenvalue weighted by Gasteiger charge is 2.71. The minimum Gasteiger partial charge on any atom is -0.432 e. The number of hydrogen-bond acceptors (Lipinski definition) is 22. The Morgan fingerprint density at radius 1 is 0.613 bits per heavy atom. The number of carbonyl (C=O) groups is 1. The Kier molecular flexibility index (Phi) is 16.3. The van der Waals surface area contributed by atoms with Gasteiger partial charge in [0.1, 0.15) is 85.5 Å². The first-order valence-corrected chi connectivity index (χ1v) is 27.3. The third-order valence-electron chi connectivity index (χ3n) is 21.1. The number of carbonyl (C=O) groups excluding carboxylic acids is 1. The van der Waals surface area contributed by atoms with Crippen molar-refractivity contribution in [2.75, 3.05) is 26.4 Å². The predicted octanol–water partition coefficient (Wildman–Crippen LogP) is -1.40. The fraction of sp³-hybridized carbons (Fsp3) is 0.943. The van der Waals surface area contributed by atoms with E-state index < -0.39 is 153 Å². The van der Waals surface area contributed by atoms with Crippen LogP contribution in [0.5, 0.6) is 0 Å². The maximum atomic E-state index is 15.1. The van der Waals surface area contributed by atoms with Crippen LogP contribution in [0.1, 0.15) is 113 Å². The van der Waals surface area contributed by atoms with Gasteiger partial charge in [-0.1, -0.05) is 53.2 Å². The van der Waals surface area contributed by atoms with Crippen molar-refractivity contribution in [2.45, 2.75) is 235 Å². The molecular formula is C53H86O22. The average molecular weight is 1080 g/mol. The molecule has 4 heterocycles. The lowest BCUT2D eigenvalue weighted by Crippen LogP contribution is -2.67. The highest BCUT2D eigenvalue weighted by Crippen LogP contribution is 2.76. The Bertz CT molecular complexity index is 2060. The lowest BCUT2D eigenvalue weighted by Gasteiger charge is -2.71. The van der Waals surface area contributed by atoms with Gasteiger partial charge in [0.25, 0.3) is 0 Å². The number of hydrogen-bond donors (Lipinski definition) is 13. The van der Waals surface area contributed by atoms with Crippen molar-refractivity contribution in [1.82, 2.24) is 0 Å². The average Bonchev–Trinajstić information content (AvgIpc) is 3.45. The van der Waals surface area contributed by atoms with E-state index in [1.807, 2.05) is 6.92 Å². The van der Waals surface area contributed by atoms with Gasteiger partial charge in [0.05, 0.1) is 44.1 Å². The monoisotopic (exact) mass is 1070 g/mol. The molecule has 13 N–H and O–H groups in total. The summed E-state index contributed by atoms with van der Waals surface area (Å²) in [5.41, 5.74) is -1.46. The maximum absolute atomic E-state index is 15.1. The molecule has 0 spiro atoms. The summed E-state index contributed by atoms with van der Waals surface area (Å²) < 4.78 is 47.1. The van der Waals surface area contributed by atoms with E-state index in [1.54, 1.807) is 0 Å². The molecule has 9 aliphatic rings. The standard InChI is InChI=1S/C53H86O22/c1-23-32(58)34(60)38(64)44(69-23)73-41-27(19-54)70-45(39(65)35(41)61)74-42-28(20-55)71-46(40(66)36(42)62)75-47(67)53-16-14-48(2,3)18-25(53)24-8-9-30-49(4)12-11-31(72-43-37(63)33(59)26(57)21-68-43)50(5,22-56)29(49)10-13-52(30,7)51(24,6)15-17-53/h8,23,25-46,54-66H,9-22H2,1-7H3/t23-,25-,26-,27+,28+,29+,30-,31-,32-,33-,34+,35+,36+,37+,38+,39+,40+,41+,42+,43-,44-,45-,46-,49-,50-,51-,52+,53-/m0/s1. The van der Waals surface area contributed by atoms with Gasteiger partial charge in [0.2, 0.25) is 6.29 Å². The highest BCUT2D eigenvalue weighted by atomic mass is 16.8. The molecule has 0 aromatic rings. The van der Waals surface area contributed by atoms with E-state index in [1.165, 1.54) is 12.5 Å². The van der Waals surface area contributed by atoms with Gasteiger partial charge in [-0.3, -0.25) is 4.79 Å². The Labute approximate surface area is 437 Å². The van der Waals surface area contributed by atoms with Gasteiger partial charge >= 0.3 is 5.97 Å². The Balaban J connectivity index is 0.903. The molecule has 28 atom stereocenters. The SMILES string of the molecule is C[C@@H]1O[C@@H](O[C@H]2[C@H](O)[C@@H](O)[C@H](O[C@H]3[C@H](O)[C@@H](O)[C@H](OC(=O)[C@]45CCC(C)(C)C[C@H]4C4=CC[C@H]6[C@@]7(C)CC[C@H](O[C@@H]8OC[C@H](O)[C@H](O)[C@H]8O)[C@@](C)(CO)[C@@H]7CC[C@@]6(C)[C@@]4(C)CC5)O[C@@H]3CO)O[C@@H]2CO)[C@H](O)[C@H](O)[C@H]1O. The molecular weight excluding hydrogens is 989 g/mol.